The number of rotatable bonds is 13. The van der Waals surface area contributed by atoms with Crippen molar-refractivity contribution in [3.8, 4) is 11.5 Å². The second-order valence-corrected chi connectivity index (χ2v) is 10.8. The number of methoxy groups -OCH3 is 2. The van der Waals surface area contributed by atoms with E-state index < -0.39 is 0 Å². The highest BCUT2D eigenvalue weighted by Gasteiger charge is 2.23. The Morgan fingerprint density at radius 2 is 1.51 bits per heavy atom. The first kappa shape index (κ1) is 25.8. The van der Waals surface area contributed by atoms with Crippen LogP contribution in [0.5, 0.6) is 11.5 Å². The SMILES string of the molecule is COc1cc2c(cc1OC)CC(CNCCCCCCCNc1c3c(nc4ccccc14)CCCC3)C2. The van der Waals surface area contributed by atoms with Crippen molar-refractivity contribution in [2.75, 3.05) is 39.2 Å². The van der Waals surface area contributed by atoms with Gasteiger partial charge in [0.1, 0.15) is 0 Å². The molecule has 0 aliphatic heterocycles. The van der Waals surface area contributed by atoms with Crippen LogP contribution in [0.3, 0.4) is 0 Å². The predicted octanol–water partition coefficient (Wildman–Crippen LogP) is 6.50. The van der Waals surface area contributed by atoms with Gasteiger partial charge >= 0.3 is 0 Å². The second-order valence-electron chi connectivity index (χ2n) is 10.8. The van der Waals surface area contributed by atoms with Gasteiger partial charge in [0.2, 0.25) is 0 Å². The van der Waals surface area contributed by atoms with E-state index in [4.69, 9.17) is 14.5 Å². The number of para-hydroxylation sites is 1. The number of fused-ring (bicyclic) bond motifs is 3. The summed E-state index contributed by atoms with van der Waals surface area (Å²) in [5.41, 5.74) is 8.12. The van der Waals surface area contributed by atoms with Gasteiger partial charge in [0.15, 0.2) is 11.5 Å². The van der Waals surface area contributed by atoms with Crippen LogP contribution in [0.2, 0.25) is 0 Å². The first-order valence-corrected chi connectivity index (χ1v) is 14.4. The Morgan fingerprint density at radius 3 is 2.27 bits per heavy atom. The van der Waals surface area contributed by atoms with E-state index >= 15 is 0 Å². The molecule has 0 atom stereocenters. The molecular formula is C32H43N3O2. The highest BCUT2D eigenvalue weighted by molar-refractivity contribution is 5.93. The van der Waals surface area contributed by atoms with E-state index in [1.807, 2.05) is 0 Å². The number of benzene rings is 2. The molecule has 1 heterocycles. The molecule has 37 heavy (non-hydrogen) atoms. The van der Waals surface area contributed by atoms with Gasteiger partial charge in [0.25, 0.3) is 0 Å². The molecule has 0 saturated carbocycles. The van der Waals surface area contributed by atoms with Gasteiger partial charge in [-0.3, -0.25) is 4.98 Å². The molecule has 0 bridgehead atoms. The maximum absolute atomic E-state index is 5.47. The highest BCUT2D eigenvalue weighted by Crippen LogP contribution is 2.36. The Labute approximate surface area is 222 Å². The van der Waals surface area contributed by atoms with Crippen molar-refractivity contribution in [2.45, 2.75) is 70.6 Å². The summed E-state index contributed by atoms with van der Waals surface area (Å²) in [6.07, 6.45) is 13.5. The lowest BCUT2D eigenvalue weighted by molar-refractivity contribution is 0.354. The normalized spacial score (nSPS) is 15.0. The van der Waals surface area contributed by atoms with E-state index in [0.29, 0.717) is 5.92 Å². The second kappa shape index (κ2) is 12.6. The van der Waals surface area contributed by atoms with Gasteiger partial charge in [-0.15, -0.1) is 0 Å². The van der Waals surface area contributed by atoms with Crippen molar-refractivity contribution < 1.29 is 9.47 Å². The minimum absolute atomic E-state index is 0.674. The van der Waals surface area contributed by atoms with Crippen molar-refractivity contribution in [3.63, 3.8) is 0 Å². The molecular weight excluding hydrogens is 458 g/mol. The van der Waals surface area contributed by atoms with Crippen LogP contribution in [-0.4, -0.2) is 38.8 Å². The van der Waals surface area contributed by atoms with Crippen LogP contribution < -0.4 is 20.1 Å². The lowest BCUT2D eigenvalue weighted by atomic mass is 9.92. The number of nitrogens with zero attached hydrogens (tertiary/aromatic N) is 1. The number of hydrogen-bond donors (Lipinski definition) is 2. The van der Waals surface area contributed by atoms with Crippen LogP contribution in [0, 0.1) is 5.92 Å². The molecule has 5 rings (SSSR count). The Hall–Kier alpha value is -2.79. The van der Waals surface area contributed by atoms with Crippen LogP contribution in [0.4, 0.5) is 5.69 Å². The van der Waals surface area contributed by atoms with Crippen molar-refractivity contribution in [3.05, 3.63) is 58.8 Å². The third kappa shape index (κ3) is 6.20. The minimum Gasteiger partial charge on any atom is -0.493 e. The number of hydrogen-bond acceptors (Lipinski definition) is 5. The maximum Gasteiger partial charge on any atom is 0.161 e. The molecule has 3 aromatic rings. The van der Waals surface area contributed by atoms with Crippen molar-refractivity contribution >= 4 is 16.6 Å². The Bertz CT molecular complexity index is 1160. The molecule has 0 fully saturated rings. The molecule has 2 aliphatic rings. The topological polar surface area (TPSA) is 55.4 Å². The lowest BCUT2D eigenvalue weighted by Gasteiger charge is -2.21. The van der Waals surface area contributed by atoms with Gasteiger partial charge < -0.3 is 20.1 Å². The zero-order chi connectivity index (χ0) is 25.5. The molecule has 5 heteroatoms. The van der Waals surface area contributed by atoms with E-state index in [2.05, 4.69) is 47.0 Å². The van der Waals surface area contributed by atoms with Crippen molar-refractivity contribution in [1.82, 2.24) is 10.3 Å². The molecule has 0 saturated heterocycles. The summed E-state index contributed by atoms with van der Waals surface area (Å²) >= 11 is 0. The predicted molar refractivity (Wildman–Crippen MR) is 153 cm³/mol. The van der Waals surface area contributed by atoms with Crippen LogP contribution in [0.1, 0.15) is 67.3 Å². The van der Waals surface area contributed by atoms with Gasteiger partial charge in [0, 0.05) is 23.3 Å². The minimum atomic E-state index is 0.674. The summed E-state index contributed by atoms with van der Waals surface area (Å²) in [6, 6.07) is 12.9. The average molecular weight is 502 g/mol. The standard InChI is InChI=1S/C32H43N3O2/c1-36-30-20-24-18-23(19-25(24)21-31(30)37-2)22-33-16-10-4-3-5-11-17-34-32-26-12-6-8-14-28(26)35-29-15-9-7-13-27(29)32/h6,8,12,14,20-21,23,33H,3-5,7,9-11,13,15-19,22H2,1-2H3,(H,34,35). The number of aromatic nitrogens is 1. The molecule has 0 unspecified atom stereocenters. The number of unbranched alkanes of at least 4 members (excludes halogenated alkanes) is 4. The van der Waals surface area contributed by atoms with E-state index in [1.165, 1.54) is 78.4 Å². The highest BCUT2D eigenvalue weighted by atomic mass is 16.5. The molecule has 0 spiro atoms. The van der Waals surface area contributed by atoms with Crippen LogP contribution >= 0.6 is 0 Å². The summed E-state index contributed by atoms with van der Waals surface area (Å²) in [5.74, 6) is 2.37. The average Bonchev–Trinajstić information content (AvgIpc) is 3.34. The van der Waals surface area contributed by atoms with Crippen LogP contribution in [0.15, 0.2) is 36.4 Å². The van der Waals surface area contributed by atoms with Crippen molar-refractivity contribution in [2.24, 2.45) is 5.92 Å². The molecule has 198 valence electrons. The molecule has 2 aromatic carbocycles. The van der Waals surface area contributed by atoms with E-state index in [1.54, 1.807) is 14.2 Å². The fourth-order valence-electron chi connectivity index (χ4n) is 6.18. The van der Waals surface area contributed by atoms with E-state index in [0.717, 1.165) is 62.3 Å². The van der Waals surface area contributed by atoms with Crippen molar-refractivity contribution in [1.29, 1.82) is 0 Å². The third-order valence-corrected chi connectivity index (χ3v) is 8.16. The van der Waals surface area contributed by atoms with Gasteiger partial charge in [-0.05, 0) is 105 Å². The van der Waals surface area contributed by atoms with Gasteiger partial charge in [-0.2, -0.15) is 0 Å². The largest absolute Gasteiger partial charge is 0.493 e. The summed E-state index contributed by atoms with van der Waals surface area (Å²) in [6.45, 7) is 3.26. The molecule has 0 radical (unpaired) electrons. The Morgan fingerprint density at radius 1 is 0.838 bits per heavy atom. The summed E-state index contributed by atoms with van der Waals surface area (Å²) < 4.78 is 10.9. The van der Waals surface area contributed by atoms with Gasteiger partial charge in [0.05, 0.1) is 19.7 Å². The fourth-order valence-corrected chi connectivity index (χ4v) is 6.18. The maximum atomic E-state index is 5.47. The zero-order valence-electron chi connectivity index (χ0n) is 22.7. The number of pyridine rings is 1. The van der Waals surface area contributed by atoms with Gasteiger partial charge in [-0.1, -0.05) is 37.5 Å². The summed E-state index contributed by atoms with van der Waals surface area (Å²) in [4.78, 5) is 4.96. The molecule has 5 nitrogen and oxygen atoms in total. The molecule has 1 aromatic heterocycles. The van der Waals surface area contributed by atoms with Crippen LogP contribution in [-0.2, 0) is 25.7 Å². The van der Waals surface area contributed by atoms with Gasteiger partial charge in [-0.25, -0.2) is 0 Å². The van der Waals surface area contributed by atoms with E-state index in [-0.39, 0.29) is 0 Å². The number of nitrogens with one attached hydrogen (secondary N) is 2. The first-order chi connectivity index (χ1) is 18.3. The quantitative estimate of drug-likeness (QED) is 0.262. The Balaban J connectivity index is 0.970. The monoisotopic (exact) mass is 501 g/mol. The summed E-state index contributed by atoms with van der Waals surface area (Å²) in [7, 11) is 3.42. The number of aryl methyl sites for hydroxylation is 1. The zero-order valence-corrected chi connectivity index (χ0v) is 22.7. The first-order valence-electron chi connectivity index (χ1n) is 14.4. The number of anilines is 1. The molecule has 0 amide bonds. The fraction of sp³-hybridized carbons (Fsp3) is 0.531. The third-order valence-electron chi connectivity index (χ3n) is 8.16. The number of ether oxygens (including phenoxy) is 2. The molecule has 2 aliphatic carbocycles. The summed E-state index contributed by atoms with van der Waals surface area (Å²) in [5, 5.41) is 8.81. The van der Waals surface area contributed by atoms with E-state index in [9.17, 15) is 0 Å². The molecule has 2 N–H and O–H groups in total. The van der Waals surface area contributed by atoms with Crippen LogP contribution in [0.25, 0.3) is 10.9 Å². The lowest BCUT2D eigenvalue weighted by Crippen LogP contribution is -2.24. The Kier molecular flexibility index (Phi) is 8.83. The smallest absolute Gasteiger partial charge is 0.161 e.